The Morgan fingerprint density at radius 2 is 2.25 bits per heavy atom. The summed E-state index contributed by atoms with van der Waals surface area (Å²) >= 11 is 5.33. The molecule has 0 spiro atoms. The maximum atomic E-state index is 5.33. The number of aromatic nitrogens is 2. The van der Waals surface area contributed by atoms with Crippen LogP contribution in [-0.2, 0) is 4.74 Å². The number of hydrogen-bond donors (Lipinski definition) is 2. The molecule has 1 fully saturated rings. The molecule has 1 aromatic rings. The molecule has 1 saturated carbocycles. The van der Waals surface area contributed by atoms with Gasteiger partial charge in [0.1, 0.15) is 5.82 Å². The van der Waals surface area contributed by atoms with E-state index >= 15 is 0 Å². The normalized spacial score (nSPS) is 17.7. The predicted octanol–water partition coefficient (Wildman–Crippen LogP) is 2.71. The first kappa shape index (κ1) is 15.3. The van der Waals surface area contributed by atoms with Gasteiger partial charge in [-0.1, -0.05) is 19.3 Å². The summed E-state index contributed by atoms with van der Waals surface area (Å²) in [6.07, 6.45) is 8.16. The second kappa shape index (κ2) is 7.59. The van der Waals surface area contributed by atoms with Crippen molar-refractivity contribution in [3.8, 4) is 0 Å². The van der Waals surface area contributed by atoms with Gasteiger partial charge in [-0.3, -0.25) is 0 Å². The molecular weight excluding hydrogens is 272 g/mol. The fourth-order valence-electron chi connectivity index (χ4n) is 2.70. The smallest absolute Gasteiger partial charge is 0.172 e. The fraction of sp³-hybridized carbons (Fsp3) is 0.714. The average molecular weight is 296 g/mol. The van der Waals surface area contributed by atoms with Crippen LogP contribution in [0.3, 0.4) is 0 Å². The molecule has 6 heteroatoms. The van der Waals surface area contributed by atoms with Crippen LogP contribution < -0.4 is 10.6 Å². The standard InChI is InChI=1S/C14H24N4OS/c1-11(10-19-2)16-14(20)17-13-8-9-15-18(13)12-6-4-3-5-7-12/h8-9,11-12H,3-7,10H2,1-2H3,(H2,16,17,20). The third kappa shape index (κ3) is 4.18. The molecule has 5 nitrogen and oxygen atoms in total. The van der Waals surface area contributed by atoms with Crippen molar-refractivity contribution in [1.82, 2.24) is 15.1 Å². The molecule has 0 radical (unpaired) electrons. The molecule has 1 atom stereocenters. The number of thiocarbonyl (C=S) groups is 1. The summed E-state index contributed by atoms with van der Waals surface area (Å²) in [6, 6.07) is 2.66. The minimum Gasteiger partial charge on any atom is -0.383 e. The molecule has 0 bridgehead atoms. The first-order valence-electron chi connectivity index (χ1n) is 7.30. The fourth-order valence-corrected chi connectivity index (χ4v) is 3.00. The van der Waals surface area contributed by atoms with Crippen molar-refractivity contribution in [2.75, 3.05) is 19.0 Å². The second-order valence-corrected chi connectivity index (χ2v) is 5.82. The molecule has 112 valence electrons. The number of hydrogen-bond acceptors (Lipinski definition) is 3. The first-order chi connectivity index (χ1) is 9.70. The summed E-state index contributed by atoms with van der Waals surface area (Å²) in [5, 5.41) is 11.5. The summed E-state index contributed by atoms with van der Waals surface area (Å²) < 4.78 is 7.17. The SMILES string of the molecule is COCC(C)NC(=S)Nc1ccnn1C1CCCCC1. The van der Waals surface area contributed by atoms with Crippen LogP contribution in [0.5, 0.6) is 0 Å². The van der Waals surface area contributed by atoms with Crippen LogP contribution in [0.4, 0.5) is 5.82 Å². The van der Waals surface area contributed by atoms with Gasteiger partial charge in [0.15, 0.2) is 5.11 Å². The summed E-state index contributed by atoms with van der Waals surface area (Å²) in [5.74, 6) is 0.971. The number of rotatable bonds is 5. The average Bonchev–Trinajstić information content (AvgIpc) is 2.87. The van der Waals surface area contributed by atoms with Crippen molar-refractivity contribution in [2.45, 2.75) is 51.1 Å². The number of anilines is 1. The van der Waals surface area contributed by atoms with Crippen molar-refractivity contribution in [3.05, 3.63) is 12.3 Å². The third-order valence-corrected chi connectivity index (χ3v) is 3.85. The molecule has 0 aliphatic heterocycles. The number of methoxy groups -OCH3 is 1. The maximum Gasteiger partial charge on any atom is 0.172 e. The number of nitrogens with one attached hydrogen (secondary N) is 2. The van der Waals surface area contributed by atoms with Crippen LogP contribution >= 0.6 is 12.2 Å². The lowest BCUT2D eigenvalue weighted by molar-refractivity contribution is 0.179. The van der Waals surface area contributed by atoms with Gasteiger partial charge in [0.2, 0.25) is 0 Å². The summed E-state index contributed by atoms with van der Waals surface area (Å²) in [5.41, 5.74) is 0. The summed E-state index contributed by atoms with van der Waals surface area (Å²) in [6.45, 7) is 2.67. The highest BCUT2D eigenvalue weighted by Gasteiger charge is 2.18. The Bertz CT molecular complexity index is 429. The molecular formula is C14H24N4OS. The highest BCUT2D eigenvalue weighted by molar-refractivity contribution is 7.80. The van der Waals surface area contributed by atoms with E-state index in [0.717, 1.165) is 5.82 Å². The van der Waals surface area contributed by atoms with E-state index in [1.54, 1.807) is 7.11 Å². The Balaban J connectivity index is 1.92. The van der Waals surface area contributed by atoms with Gasteiger partial charge < -0.3 is 15.4 Å². The van der Waals surface area contributed by atoms with E-state index in [0.29, 0.717) is 17.8 Å². The second-order valence-electron chi connectivity index (χ2n) is 5.41. The molecule has 1 aromatic heterocycles. The zero-order valence-electron chi connectivity index (χ0n) is 12.3. The Morgan fingerprint density at radius 1 is 1.50 bits per heavy atom. The van der Waals surface area contributed by atoms with Crippen molar-refractivity contribution in [1.29, 1.82) is 0 Å². The van der Waals surface area contributed by atoms with Crippen molar-refractivity contribution in [2.24, 2.45) is 0 Å². The molecule has 0 saturated heterocycles. The Morgan fingerprint density at radius 3 is 2.95 bits per heavy atom. The van der Waals surface area contributed by atoms with Gasteiger partial charge >= 0.3 is 0 Å². The van der Waals surface area contributed by atoms with Gasteiger partial charge in [-0.2, -0.15) is 5.10 Å². The Labute approximate surface area is 126 Å². The lowest BCUT2D eigenvalue weighted by Crippen LogP contribution is -2.39. The van der Waals surface area contributed by atoms with Crippen LogP contribution in [0.15, 0.2) is 12.3 Å². The lowest BCUT2D eigenvalue weighted by atomic mass is 9.96. The summed E-state index contributed by atoms with van der Waals surface area (Å²) in [7, 11) is 1.69. The minimum atomic E-state index is 0.186. The molecule has 1 unspecified atom stereocenters. The molecule has 1 heterocycles. The van der Waals surface area contributed by atoms with Crippen molar-refractivity contribution >= 4 is 23.1 Å². The van der Waals surface area contributed by atoms with E-state index < -0.39 is 0 Å². The van der Waals surface area contributed by atoms with Crippen LogP contribution in [0, 0.1) is 0 Å². The predicted molar refractivity (Wildman–Crippen MR) is 85.0 cm³/mol. The maximum absolute atomic E-state index is 5.33. The first-order valence-corrected chi connectivity index (χ1v) is 7.71. The van der Waals surface area contributed by atoms with E-state index in [9.17, 15) is 0 Å². The van der Waals surface area contributed by atoms with Gasteiger partial charge in [-0.15, -0.1) is 0 Å². The number of ether oxygens (including phenoxy) is 1. The highest BCUT2D eigenvalue weighted by Crippen LogP contribution is 2.29. The lowest BCUT2D eigenvalue weighted by Gasteiger charge is -2.24. The van der Waals surface area contributed by atoms with Gasteiger partial charge in [-0.25, -0.2) is 4.68 Å². The van der Waals surface area contributed by atoms with E-state index in [2.05, 4.69) is 20.4 Å². The molecule has 2 rings (SSSR count). The van der Waals surface area contributed by atoms with E-state index in [1.807, 2.05) is 19.2 Å². The van der Waals surface area contributed by atoms with E-state index in [4.69, 9.17) is 17.0 Å². The van der Waals surface area contributed by atoms with Gasteiger partial charge in [-0.05, 0) is 32.0 Å². The largest absolute Gasteiger partial charge is 0.383 e. The van der Waals surface area contributed by atoms with Gasteiger partial charge in [0.05, 0.1) is 18.8 Å². The molecule has 20 heavy (non-hydrogen) atoms. The molecule has 1 aliphatic carbocycles. The Kier molecular flexibility index (Phi) is 5.79. The van der Waals surface area contributed by atoms with Crippen LogP contribution in [-0.4, -0.2) is 34.7 Å². The summed E-state index contributed by atoms with van der Waals surface area (Å²) in [4.78, 5) is 0. The van der Waals surface area contributed by atoms with Crippen LogP contribution in [0.2, 0.25) is 0 Å². The zero-order chi connectivity index (χ0) is 14.4. The monoisotopic (exact) mass is 296 g/mol. The van der Waals surface area contributed by atoms with Crippen LogP contribution in [0.1, 0.15) is 45.1 Å². The number of nitrogens with zero attached hydrogens (tertiary/aromatic N) is 2. The quantitative estimate of drug-likeness (QED) is 0.818. The van der Waals surface area contributed by atoms with E-state index in [-0.39, 0.29) is 6.04 Å². The van der Waals surface area contributed by atoms with E-state index in [1.165, 1.54) is 32.1 Å². The highest BCUT2D eigenvalue weighted by atomic mass is 32.1. The molecule has 2 N–H and O–H groups in total. The zero-order valence-corrected chi connectivity index (χ0v) is 13.1. The van der Waals surface area contributed by atoms with Gasteiger partial charge in [0, 0.05) is 19.2 Å². The van der Waals surface area contributed by atoms with Gasteiger partial charge in [0.25, 0.3) is 0 Å². The topological polar surface area (TPSA) is 51.1 Å². The molecule has 0 amide bonds. The van der Waals surface area contributed by atoms with Crippen molar-refractivity contribution < 1.29 is 4.74 Å². The third-order valence-electron chi connectivity index (χ3n) is 3.63. The minimum absolute atomic E-state index is 0.186. The molecule has 0 aromatic carbocycles. The van der Waals surface area contributed by atoms with Crippen molar-refractivity contribution in [3.63, 3.8) is 0 Å². The Hall–Kier alpha value is -1.14. The molecule has 1 aliphatic rings. The van der Waals surface area contributed by atoms with Crippen LogP contribution in [0.25, 0.3) is 0 Å².